The molecule has 0 saturated carbocycles. The van der Waals surface area contributed by atoms with Gasteiger partial charge < -0.3 is 20.1 Å². The maximum Gasteiger partial charge on any atom is 0.233 e. The van der Waals surface area contributed by atoms with Gasteiger partial charge in [0, 0.05) is 13.0 Å². The van der Waals surface area contributed by atoms with E-state index in [2.05, 4.69) is 15.2 Å². The number of rotatable bonds is 4. The van der Waals surface area contributed by atoms with E-state index in [1.165, 1.54) is 11.8 Å². The minimum absolute atomic E-state index is 0.0671. The summed E-state index contributed by atoms with van der Waals surface area (Å²) >= 11 is 1.29. The Bertz CT molecular complexity index is 796. The normalized spacial score (nSPS) is 19.4. The molecule has 0 spiro atoms. The van der Waals surface area contributed by atoms with Crippen molar-refractivity contribution in [2.45, 2.75) is 30.5 Å². The van der Waals surface area contributed by atoms with Crippen LogP contribution in [-0.4, -0.2) is 51.5 Å². The molecular weight excluding hydrogens is 354 g/mol. The van der Waals surface area contributed by atoms with Crippen LogP contribution in [0.5, 0.6) is 11.5 Å². The third kappa shape index (κ3) is 3.57. The molecule has 9 heteroatoms. The number of H-pyrrole nitrogens is 1. The second kappa shape index (κ2) is 7.45. The Balaban J connectivity index is 1.45. The van der Waals surface area contributed by atoms with E-state index >= 15 is 0 Å². The van der Waals surface area contributed by atoms with Gasteiger partial charge in [-0.3, -0.25) is 4.79 Å². The van der Waals surface area contributed by atoms with Gasteiger partial charge in [0.25, 0.3) is 0 Å². The number of benzene rings is 1. The molecule has 1 amide bonds. The molecule has 8 nitrogen and oxygen atoms in total. The molecule has 0 unspecified atom stereocenters. The highest BCUT2D eigenvalue weighted by molar-refractivity contribution is 7.99. The molecule has 1 atom stereocenters. The number of nitrogen functional groups attached to an aromatic ring is 1. The molecule has 3 heterocycles. The number of aromatic nitrogens is 3. The van der Waals surface area contributed by atoms with Crippen LogP contribution < -0.4 is 15.2 Å². The maximum atomic E-state index is 12.7. The number of amides is 1. The number of hydrogen-bond acceptors (Lipinski definition) is 7. The van der Waals surface area contributed by atoms with Crippen LogP contribution in [-0.2, 0) is 4.79 Å². The van der Waals surface area contributed by atoms with Gasteiger partial charge in [0.1, 0.15) is 0 Å². The monoisotopic (exact) mass is 375 g/mol. The van der Waals surface area contributed by atoms with Crippen LogP contribution in [0.1, 0.15) is 30.9 Å². The van der Waals surface area contributed by atoms with Gasteiger partial charge in [-0.05, 0) is 30.5 Å². The predicted octanol–water partition coefficient (Wildman–Crippen LogP) is 2.00. The Labute approximate surface area is 155 Å². The maximum absolute atomic E-state index is 12.7. The number of nitrogens with one attached hydrogen (secondary N) is 1. The van der Waals surface area contributed by atoms with Crippen molar-refractivity contribution in [3.63, 3.8) is 0 Å². The van der Waals surface area contributed by atoms with Crippen molar-refractivity contribution < 1.29 is 14.3 Å². The lowest BCUT2D eigenvalue weighted by molar-refractivity contribution is -0.129. The van der Waals surface area contributed by atoms with Crippen molar-refractivity contribution in [3.05, 3.63) is 23.8 Å². The number of hydrogen-bond donors (Lipinski definition) is 2. The molecule has 3 N–H and O–H groups in total. The first kappa shape index (κ1) is 17.0. The lowest BCUT2D eigenvalue weighted by Crippen LogP contribution is -2.32. The van der Waals surface area contributed by atoms with Crippen molar-refractivity contribution in [1.29, 1.82) is 0 Å². The fraction of sp³-hybridized carbons (Fsp3) is 0.471. The first-order chi connectivity index (χ1) is 12.7. The van der Waals surface area contributed by atoms with Crippen molar-refractivity contribution in [1.82, 2.24) is 20.1 Å². The number of thioether (sulfide) groups is 1. The van der Waals surface area contributed by atoms with Crippen molar-refractivity contribution in [3.8, 4) is 11.5 Å². The van der Waals surface area contributed by atoms with Gasteiger partial charge in [0.05, 0.1) is 25.0 Å². The van der Waals surface area contributed by atoms with E-state index < -0.39 is 0 Å². The summed E-state index contributed by atoms with van der Waals surface area (Å²) in [7, 11) is 0. The van der Waals surface area contributed by atoms with Gasteiger partial charge in [0.2, 0.25) is 17.0 Å². The SMILES string of the molecule is Nc1nc(SCC(=O)N2CCC[C@@H]2c2ccc3c(c2)OCCCO3)n[nH]1. The van der Waals surface area contributed by atoms with Gasteiger partial charge >= 0.3 is 0 Å². The van der Waals surface area contributed by atoms with Crippen LogP contribution in [0.3, 0.4) is 0 Å². The molecular formula is C17H21N5O3S. The Kier molecular flexibility index (Phi) is 4.87. The van der Waals surface area contributed by atoms with Gasteiger partial charge in [-0.2, -0.15) is 4.98 Å². The highest BCUT2D eigenvalue weighted by atomic mass is 32.2. The number of aromatic amines is 1. The molecule has 2 aliphatic rings. The second-order valence-electron chi connectivity index (χ2n) is 6.29. The molecule has 4 rings (SSSR count). The summed E-state index contributed by atoms with van der Waals surface area (Å²) in [6.07, 6.45) is 2.81. The Morgan fingerprint density at radius 3 is 2.96 bits per heavy atom. The third-order valence-corrected chi connectivity index (χ3v) is 5.37. The topological polar surface area (TPSA) is 106 Å². The Hall–Kier alpha value is -2.42. The first-order valence-electron chi connectivity index (χ1n) is 8.70. The number of nitrogens with two attached hydrogens (primary N) is 1. The summed E-state index contributed by atoms with van der Waals surface area (Å²) in [5.41, 5.74) is 6.60. The number of fused-ring (bicyclic) bond motifs is 1. The number of nitrogens with zero attached hydrogens (tertiary/aromatic N) is 3. The van der Waals surface area contributed by atoms with E-state index in [1.807, 2.05) is 23.1 Å². The van der Waals surface area contributed by atoms with Gasteiger partial charge in [-0.25, -0.2) is 5.10 Å². The Morgan fingerprint density at radius 2 is 2.15 bits per heavy atom. The average Bonchev–Trinajstić information content (AvgIpc) is 3.23. The summed E-state index contributed by atoms with van der Waals surface area (Å²) in [6, 6.07) is 6.06. The highest BCUT2D eigenvalue weighted by Crippen LogP contribution is 2.38. The molecule has 2 aromatic rings. The van der Waals surface area contributed by atoms with Gasteiger partial charge in [-0.1, -0.05) is 17.8 Å². The number of carbonyl (C=O) groups excluding carboxylic acids is 1. The number of anilines is 1. The molecule has 0 bridgehead atoms. The number of ether oxygens (including phenoxy) is 2. The van der Waals surface area contributed by atoms with Crippen LogP contribution in [0.15, 0.2) is 23.4 Å². The minimum atomic E-state index is 0.0671. The number of carbonyl (C=O) groups is 1. The summed E-state index contributed by atoms with van der Waals surface area (Å²) in [4.78, 5) is 18.7. The average molecular weight is 375 g/mol. The lowest BCUT2D eigenvalue weighted by Gasteiger charge is -2.25. The predicted molar refractivity (Wildman–Crippen MR) is 97.3 cm³/mol. The standard InChI is InChI=1S/C17H21N5O3S/c18-16-19-17(21-20-16)26-10-15(23)22-6-1-3-12(22)11-4-5-13-14(9-11)25-8-2-7-24-13/h4-5,9,12H,1-3,6-8,10H2,(H3,18,19,20,21)/t12-/m1/s1. The van der Waals surface area contributed by atoms with E-state index in [4.69, 9.17) is 15.2 Å². The first-order valence-corrected chi connectivity index (χ1v) is 9.69. The summed E-state index contributed by atoms with van der Waals surface area (Å²) in [5.74, 6) is 2.17. The van der Waals surface area contributed by atoms with E-state index in [-0.39, 0.29) is 17.9 Å². The van der Waals surface area contributed by atoms with Crippen LogP contribution in [0, 0.1) is 0 Å². The van der Waals surface area contributed by atoms with Crippen LogP contribution in [0.4, 0.5) is 5.95 Å². The van der Waals surface area contributed by atoms with Gasteiger partial charge in [0.15, 0.2) is 11.5 Å². The van der Waals surface area contributed by atoms with Gasteiger partial charge in [-0.15, -0.1) is 5.10 Å². The zero-order valence-electron chi connectivity index (χ0n) is 14.3. The molecule has 1 aromatic carbocycles. The molecule has 0 radical (unpaired) electrons. The summed E-state index contributed by atoms with van der Waals surface area (Å²) in [5, 5.41) is 7.01. The molecule has 0 aliphatic carbocycles. The second-order valence-corrected chi connectivity index (χ2v) is 7.24. The van der Waals surface area contributed by atoms with E-state index in [9.17, 15) is 4.79 Å². The molecule has 1 fully saturated rings. The molecule has 2 aliphatic heterocycles. The molecule has 138 valence electrons. The van der Waals surface area contributed by atoms with Crippen molar-refractivity contribution >= 4 is 23.6 Å². The van der Waals surface area contributed by atoms with E-state index in [0.29, 0.717) is 24.1 Å². The summed E-state index contributed by atoms with van der Waals surface area (Å²) < 4.78 is 11.5. The summed E-state index contributed by atoms with van der Waals surface area (Å²) in [6.45, 7) is 2.08. The van der Waals surface area contributed by atoms with Crippen LogP contribution in [0.2, 0.25) is 0 Å². The molecule has 1 aromatic heterocycles. The molecule has 26 heavy (non-hydrogen) atoms. The van der Waals surface area contributed by atoms with Crippen LogP contribution >= 0.6 is 11.8 Å². The quantitative estimate of drug-likeness (QED) is 0.787. The van der Waals surface area contributed by atoms with E-state index in [0.717, 1.165) is 42.9 Å². The van der Waals surface area contributed by atoms with Crippen LogP contribution in [0.25, 0.3) is 0 Å². The van der Waals surface area contributed by atoms with E-state index in [1.54, 1.807) is 0 Å². The fourth-order valence-corrected chi connectivity index (χ4v) is 4.02. The third-order valence-electron chi connectivity index (χ3n) is 4.54. The smallest absolute Gasteiger partial charge is 0.233 e. The largest absolute Gasteiger partial charge is 0.490 e. The molecule has 1 saturated heterocycles. The zero-order chi connectivity index (χ0) is 17.9. The highest BCUT2D eigenvalue weighted by Gasteiger charge is 2.30. The van der Waals surface area contributed by atoms with Crippen molar-refractivity contribution in [2.24, 2.45) is 0 Å². The lowest BCUT2D eigenvalue weighted by atomic mass is 10.0. The zero-order valence-corrected chi connectivity index (χ0v) is 15.1. The minimum Gasteiger partial charge on any atom is -0.490 e. The fourth-order valence-electron chi connectivity index (χ4n) is 3.33. The number of likely N-dealkylation sites (tertiary alicyclic amines) is 1. The van der Waals surface area contributed by atoms with Crippen molar-refractivity contribution in [2.75, 3.05) is 31.2 Å². The Morgan fingerprint density at radius 1 is 1.31 bits per heavy atom.